The van der Waals surface area contributed by atoms with Gasteiger partial charge >= 0.3 is 17.9 Å². The van der Waals surface area contributed by atoms with Crippen LogP contribution >= 0.6 is 0 Å². The van der Waals surface area contributed by atoms with E-state index in [-0.39, 0.29) is 30.0 Å². The van der Waals surface area contributed by atoms with Gasteiger partial charge in [-0.15, -0.1) is 0 Å². The number of guanidine groups is 3. The van der Waals surface area contributed by atoms with E-state index in [0.717, 1.165) is 107 Å². The van der Waals surface area contributed by atoms with Gasteiger partial charge < -0.3 is 31.6 Å². The Morgan fingerprint density at radius 1 is 0.902 bits per heavy atom. The minimum absolute atomic E-state index is 0.0695. The summed E-state index contributed by atoms with van der Waals surface area (Å²) in [6.07, 6.45) is 19.6. The van der Waals surface area contributed by atoms with Gasteiger partial charge in [0.25, 0.3) is 0 Å². The van der Waals surface area contributed by atoms with Crippen molar-refractivity contribution < 1.29 is 24.0 Å². The number of unbranched alkanes of at least 4 members (excludes halogenated alkanes) is 9. The summed E-state index contributed by atoms with van der Waals surface area (Å²) in [4.78, 5) is 43.7. The molecule has 284 valence electrons. The van der Waals surface area contributed by atoms with Gasteiger partial charge in [0.05, 0.1) is 36.9 Å². The van der Waals surface area contributed by atoms with Crippen molar-refractivity contribution >= 4 is 29.8 Å². The summed E-state index contributed by atoms with van der Waals surface area (Å²) in [6.45, 7) is 6.29. The van der Waals surface area contributed by atoms with Gasteiger partial charge in [-0.1, -0.05) is 64.7 Å². The Morgan fingerprint density at radius 3 is 2.35 bits per heavy atom. The summed E-state index contributed by atoms with van der Waals surface area (Å²) in [5.41, 5.74) is 20.4. The topological polar surface area (TPSA) is 187 Å². The fraction of sp³-hybridized carbons (Fsp3) is 0.763. The summed E-state index contributed by atoms with van der Waals surface area (Å²) < 4.78 is 11.5. The summed E-state index contributed by atoms with van der Waals surface area (Å²) in [7, 11) is 0. The van der Waals surface area contributed by atoms with E-state index in [1.807, 2.05) is 11.8 Å². The molecule has 0 aromatic heterocycles. The van der Waals surface area contributed by atoms with Crippen molar-refractivity contribution in [2.45, 2.75) is 160 Å². The molecule has 0 radical (unpaired) electrons. The molecule has 5 rings (SSSR count). The second-order valence-corrected chi connectivity index (χ2v) is 15.0. The Kier molecular flexibility index (Phi) is 14.6. The zero-order chi connectivity index (χ0) is 36.2. The molecule has 13 heteroatoms. The summed E-state index contributed by atoms with van der Waals surface area (Å²) >= 11 is 0. The molecular formula is C38H64N9O4+. The maximum atomic E-state index is 13.3. The average Bonchev–Trinajstić information content (AvgIpc) is 3.76. The standard InChI is InChI=1S/C38H63N9O4/c1-3-4-5-7-10-16-27-25-28-19-20-31-32(26(2)43-38(44-27)47(28)31)34(48)50-23-13-9-6-8-11-17-29-33(30-18-15-22-46(30)37(41)45-29)35(49)51-24-14-12-21-42-36(39)40/h27-29,31H,3-25H2,1-2H3,(H2,41,45)(H,43,44)(H4,39,40,42)/p+1/t27-,28+,29-,31?/m1/s1. The second kappa shape index (κ2) is 19.3. The van der Waals surface area contributed by atoms with Crippen molar-refractivity contribution in [2.24, 2.45) is 32.2 Å². The number of esters is 2. The molecule has 2 unspecified atom stereocenters. The largest absolute Gasteiger partial charge is 0.462 e. The van der Waals surface area contributed by atoms with Gasteiger partial charge in [0.2, 0.25) is 0 Å². The highest BCUT2D eigenvalue weighted by atomic mass is 16.5. The average molecular weight is 711 g/mol. The van der Waals surface area contributed by atoms with Gasteiger partial charge in [-0.3, -0.25) is 15.2 Å². The monoisotopic (exact) mass is 711 g/mol. The van der Waals surface area contributed by atoms with E-state index < -0.39 is 0 Å². The SMILES string of the molecule is CCCCCCC[C@@H]1C[C@@H]2CCC3C(C(=O)OCCCCCCC[C@H]4N=C(N)N5CCCC5=C4C(=O)OCCCCN=C(N)N)=C(C)NC(=N1)[NH+]32. The first-order valence-electron chi connectivity index (χ1n) is 19.9. The van der Waals surface area contributed by atoms with Crippen LogP contribution in [0.2, 0.25) is 0 Å². The maximum absolute atomic E-state index is 13.3. The zero-order valence-electron chi connectivity index (χ0n) is 31.2. The molecule has 0 aromatic carbocycles. The van der Waals surface area contributed by atoms with Crippen LogP contribution < -0.4 is 27.4 Å². The van der Waals surface area contributed by atoms with E-state index in [0.29, 0.717) is 49.8 Å². The van der Waals surface area contributed by atoms with Gasteiger partial charge in [0.15, 0.2) is 11.9 Å². The first-order valence-corrected chi connectivity index (χ1v) is 19.9. The molecule has 2 saturated heterocycles. The number of quaternary nitrogens is 1. The maximum Gasteiger partial charge on any atom is 0.341 e. The summed E-state index contributed by atoms with van der Waals surface area (Å²) in [6, 6.07) is 0.794. The summed E-state index contributed by atoms with van der Waals surface area (Å²) in [5.74, 6) is 1.14. The number of allylic oxidation sites excluding steroid dienone is 2. The normalized spacial score (nSPS) is 25.1. The molecule has 13 nitrogen and oxygen atoms in total. The van der Waals surface area contributed by atoms with Crippen LogP contribution in [0.1, 0.15) is 136 Å². The second-order valence-electron chi connectivity index (χ2n) is 15.0. The van der Waals surface area contributed by atoms with Crippen molar-refractivity contribution in [1.82, 2.24) is 10.2 Å². The van der Waals surface area contributed by atoms with Crippen LogP contribution in [0.15, 0.2) is 37.5 Å². The van der Waals surface area contributed by atoms with Gasteiger partial charge in [-0.2, -0.15) is 0 Å². The Balaban J connectivity index is 1.01. The van der Waals surface area contributed by atoms with Crippen LogP contribution in [0.25, 0.3) is 0 Å². The Morgan fingerprint density at radius 2 is 1.59 bits per heavy atom. The minimum Gasteiger partial charge on any atom is -0.462 e. The highest BCUT2D eigenvalue weighted by Gasteiger charge is 2.51. The molecule has 8 N–H and O–H groups in total. The molecule has 0 spiro atoms. The van der Waals surface area contributed by atoms with Crippen molar-refractivity contribution in [1.29, 1.82) is 0 Å². The van der Waals surface area contributed by atoms with Crippen molar-refractivity contribution in [3.63, 3.8) is 0 Å². The van der Waals surface area contributed by atoms with Crippen molar-refractivity contribution in [2.75, 3.05) is 26.3 Å². The molecule has 0 amide bonds. The number of hydrogen-bond acceptors (Lipinski definition) is 10. The van der Waals surface area contributed by atoms with E-state index in [1.165, 1.54) is 43.4 Å². The minimum atomic E-state index is -0.295. The van der Waals surface area contributed by atoms with Crippen LogP contribution in [0.5, 0.6) is 0 Å². The summed E-state index contributed by atoms with van der Waals surface area (Å²) in [5, 5.41) is 3.52. The Labute approximate surface area is 304 Å². The van der Waals surface area contributed by atoms with Crippen LogP contribution in [-0.4, -0.2) is 85.2 Å². The lowest BCUT2D eigenvalue weighted by Crippen LogP contribution is -3.22. The fourth-order valence-electron chi connectivity index (χ4n) is 8.61. The first kappa shape index (κ1) is 38.6. The van der Waals surface area contributed by atoms with Crippen LogP contribution in [0, 0.1) is 0 Å². The molecule has 0 aromatic rings. The van der Waals surface area contributed by atoms with Gasteiger partial charge in [0.1, 0.15) is 11.6 Å². The zero-order valence-corrected chi connectivity index (χ0v) is 31.2. The van der Waals surface area contributed by atoms with Crippen LogP contribution in [0.4, 0.5) is 0 Å². The molecule has 0 saturated carbocycles. The number of nitrogens with two attached hydrogens (primary N) is 3. The van der Waals surface area contributed by atoms with Crippen LogP contribution in [0.3, 0.4) is 0 Å². The van der Waals surface area contributed by atoms with Gasteiger partial charge in [-0.05, 0) is 51.9 Å². The third kappa shape index (κ3) is 10.3. The molecule has 5 aliphatic rings. The number of fused-ring (bicyclic) bond motifs is 1. The first-order chi connectivity index (χ1) is 24.8. The van der Waals surface area contributed by atoms with Gasteiger partial charge in [0, 0.05) is 43.7 Å². The highest BCUT2D eigenvalue weighted by Crippen LogP contribution is 2.33. The lowest BCUT2D eigenvalue weighted by molar-refractivity contribution is -0.846. The number of ether oxygens (including phenoxy) is 2. The molecule has 5 aliphatic heterocycles. The number of carbonyl (C=O) groups excluding carboxylic acids is 2. The number of aliphatic imine (C=N–C) groups is 3. The van der Waals surface area contributed by atoms with E-state index in [2.05, 4.69) is 17.2 Å². The third-order valence-corrected chi connectivity index (χ3v) is 11.2. The fourth-order valence-corrected chi connectivity index (χ4v) is 8.61. The van der Waals surface area contributed by atoms with Crippen molar-refractivity contribution in [3.05, 3.63) is 22.5 Å². The van der Waals surface area contributed by atoms with E-state index in [4.69, 9.17) is 36.7 Å². The van der Waals surface area contributed by atoms with E-state index >= 15 is 0 Å². The third-order valence-electron chi connectivity index (χ3n) is 11.2. The number of nitrogens with one attached hydrogen (secondary N) is 2. The molecule has 5 heterocycles. The smallest absolute Gasteiger partial charge is 0.341 e. The molecule has 2 fully saturated rings. The van der Waals surface area contributed by atoms with E-state index in [9.17, 15) is 9.59 Å². The number of hydrogen-bond donors (Lipinski definition) is 5. The van der Waals surface area contributed by atoms with Crippen LogP contribution in [-0.2, 0) is 19.1 Å². The molecule has 51 heavy (non-hydrogen) atoms. The number of nitrogens with zero attached hydrogens (tertiary/aromatic N) is 4. The molecule has 0 aliphatic carbocycles. The Hall–Kier alpha value is -3.61. The molecule has 5 atom stereocenters. The van der Waals surface area contributed by atoms with Crippen molar-refractivity contribution in [3.8, 4) is 0 Å². The lowest BCUT2D eigenvalue weighted by atomic mass is 9.96. The number of carbonyl (C=O) groups is 2. The lowest BCUT2D eigenvalue weighted by Gasteiger charge is -2.37. The molecule has 0 bridgehead atoms. The predicted octanol–water partition coefficient (Wildman–Crippen LogP) is 3.30. The Bertz CT molecular complexity index is 1370. The predicted molar refractivity (Wildman–Crippen MR) is 201 cm³/mol. The van der Waals surface area contributed by atoms with E-state index in [1.54, 1.807) is 0 Å². The number of rotatable bonds is 21. The molecular weight excluding hydrogens is 646 g/mol. The highest BCUT2D eigenvalue weighted by molar-refractivity contribution is 5.95. The quantitative estimate of drug-likeness (QED) is 0.0516. The van der Waals surface area contributed by atoms with Gasteiger partial charge in [-0.25, -0.2) is 19.6 Å².